The predicted octanol–water partition coefficient (Wildman–Crippen LogP) is 4.91. The van der Waals surface area contributed by atoms with Gasteiger partial charge in [0.1, 0.15) is 11.5 Å². The number of anilines is 2. The number of pyridine rings is 1. The van der Waals surface area contributed by atoms with Gasteiger partial charge in [-0.2, -0.15) is 0 Å². The molecule has 0 bridgehead atoms. The zero-order valence-corrected chi connectivity index (χ0v) is 19.3. The zero-order valence-electron chi connectivity index (χ0n) is 18.5. The van der Waals surface area contributed by atoms with Crippen molar-refractivity contribution in [2.24, 2.45) is 10.9 Å². The summed E-state index contributed by atoms with van der Waals surface area (Å²) >= 11 is 0. The summed E-state index contributed by atoms with van der Waals surface area (Å²) in [5.74, 6) is -4.30. The molecule has 0 radical (unpaired) electrons. The minimum Gasteiger partial charge on any atom is -0.353 e. The monoisotopic (exact) mass is 473 g/mol. The van der Waals surface area contributed by atoms with Gasteiger partial charge in [0.15, 0.2) is 9.84 Å². The van der Waals surface area contributed by atoms with Crippen molar-refractivity contribution >= 4 is 38.4 Å². The standard InChI is InChI=1S/C24H25F2N3O3S/c1-13-8-19-23(27-13)20(10-16(28-19)11-21(30)17-12-24(17,25)26)29-18-7-6-15(14-4-3-5-14)9-22(18)33(2,31)32/h6-7,9-10,14,17H,3-5,8,11-12H2,1-2H3,(H,28,29)/t17-/m0/s1. The van der Waals surface area contributed by atoms with Crippen molar-refractivity contribution in [2.45, 2.75) is 62.2 Å². The van der Waals surface area contributed by atoms with E-state index in [0.717, 1.165) is 30.5 Å². The Morgan fingerprint density at radius 3 is 2.55 bits per heavy atom. The van der Waals surface area contributed by atoms with Crippen LogP contribution in [0.2, 0.25) is 0 Å². The highest BCUT2D eigenvalue weighted by atomic mass is 32.2. The predicted molar refractivity (Wildman–Crippen MR) is 122 cm³/mol. The van der Waals surface area contributed by atoms with Gasteiger partial charge in [-0.15, -0.1) is 0 Å². The SMILES string of the molecule is CC1=Nc2c(Nc3ccc(C4CCC4)cc3S(C)(=O)=O)cc(CC(=O)[C@@H]3CC3(F)F)nc2C1. The largest absolute Gasteiger partial charge is 0.353 e. The van der Waals surface area contributed by atoms with Gasteiger partial charge in [0.2, 0.25) is 0 Å². The van der Waals surface area contributed by atoms with Crippen LogP contribution in [0.15, 0.2) is 34.2 Å². The number of sulfone groups is 1. The molecular weight excluding hydrogens is 448 g/mol. The number of Topliss-reactive ketones (excluding diaryl/α,β-unsaturated/α-hetero) is 1. The third-order valence-corrected chi connectivity index (χ3v) is 7.80. The molecule has 2 saturated carbocycles. The van der Waals surface area contributed by atoms with E-state index >= 15 is 0 Å². The number of carbonyl (C=O) groups excluding carboxylic acids is 1. The third-order valence-electron chi connectivity index (χ3n) is 6.66. The minimum absolute atomic E-state index is 0.194. The van der Waals surface area contributed by atoms with E-state index in [1.807, 2.05) is 13.0 Å². The molecule has 3 aliphatic rings. The van der Waals surface area contributed by atoms with E-state index in [0.29, 0.717) is 40.8 Å². The summed E-state index contributed by atoms with van der Waals surface area (Å²) in [6.07, 6.45) is 4.32. The molecule has 1 aromatic heterocycles. The number of benzene rings is 1. The number of nitrogens with zero attached hydrogens (tertiary/aromatic N) is 2. The van der Waals surface area contributed by atoms with Crippen LogP contribution >= 0.6 is 0 Å². The first kappa shape index (κ1) is 22.1. The summed E-state index contributed by atoms with van der Waals surface area (Å²) in [6, 6.07) is 7.05. The van der Waals surface area contributed by atoms with Crippen molar-refractivity contribution < 1.29 is 22.0 Å². The van der Waals surface area contributed by atoms with Gasteiger partial charge < -0.3 is 5.32 Å². The van der Waals surface area contributed by atoms with E-state index < -0.39 is 33.9 Å². The number of hydrogen-bond donors (Lipinski definition) is 1. The maximum absolute atomic E-state index is 13.3. The number of aromatic nitrogens is 1. The summed E-state index contributed by atoms with van der Waals surface area (Å²) < 4.78 is 51.8. The molecule has 0 saturated heterocycles. The van der Waals surface area contributed by atoms with E-state index in [4.69, 9.17) is 0 Å². The van der Waals surface area contributed by atoms with E-state index in [1.54, 1.807) is 18.2 Å². The van der Waals surface area contributed by atoms with Gasteiger partial charge in [0, 0.05) is 31.2 Å². The van der Waals surface area contributed by atoms with Crippen molar-refractivity contribution in [1.29, 1.82) is 0 Å². The Labute approximate surface area is 191 Å². The first-order valence-electron chi connectivity index (χ1n) is 11.1. The Balaban J connectivity index is 1.50. The van der Waals surface area contributed by atoms with E-state index in [2.05, 4.69) is 15.3 Å². The van der Waals surface area contributed by atoms with Crippen LogP contribution < -0.4 is 5.32 Å². The van der Waals surface area contributed by atoms with E-state index in [-0.39, 0.29) is 11.3 Å². The van der Waals surface area contributed by atoms with Crippen LogP contribution in [-0.2, 0) is 27.5 Å². The van der Waals surface area contributed by atoms with Gasteiger partial charge in [-0.3, -0.25) is 14.8 Å². The molecule has 5 rings (SSSR count). The molecule has 6 nitrogen and oxygen atoms in total. The summed E-state index contributed by atoms with van der Waals surface area (Å²) in [5.41, 5.74) is 4.39. The molecule has 2 fully saturated rings. The lowest BCUT2D eigenvalue weighted by molar-refractivity contribution is -0.121. The number of aliphatic imine (C=N–C) groups is 1. The number of nitrogens with one attached hydrogen (secondary N) is 1. The van der Waals surface area contributed by atoms with Gasteiger partial charge in [-0.05, 0) is 49.4 Å². The summed E-state index contributed by atoms with van der Waals surface area (Å²) in [6.45, 7) is 1.86. The molecule has 1 aromatic carbocycles. The van der Waals surface area contributed by atoms with Crippen molar-refractivity contribution in [3.8, 4) is 0 Å². The molecule has 174 valence electrons. The van der Waals surface area contributed by atoms with Gasteiger partial charge in [-0.1, -0.05) is 12.5 Å². The number of carbonyl (C=O) groups is 1. The molecule has 2 aromatic rings. The van der Waals surface area contributed by atoms with Crippen LogP contribution in [0.1, 0.15) is 55.5 Å². The Morgan fingerprint density at radius 2 is 1.94 bits per heavy atom. The van der Waals surface area contributed by atoms with Gasteiger partial charge >= 0.3 is 0 Å². The second kappa shape index (κ2) is 7.68. The zero-order chi connectivity index (χ0) is 23.5. The number of alkyl halides is 2. The average Bonchev–Trinajstić information content (AvgIpc) is 3.14. The molecule has 0 amide bonds. The molecule has 2 aliphatic carbocycles. The number of halogens is 2. The Kier molecular flexibility index (Phi) is 5.15. The lowest BCUT2D eigenvalue weighted by Gasteiger charge is -2.26. The quantitative estimate of drug-likeness (QED) is 0.617. The Bertz CT molecular complexity index is 1300. The van der Waals surface area contributed by atoms with Gasteiger partial charge in [0.05, 0.1) is 33.6 Å². The van der Waals surface area contributed by atoms with E-state index in [1.165, 1.54) is 6.26 Å². The van der Waals surface area contributed by atoms with Crippen LogP contribution in [0.4, 0.5) is 25.8 Å². The molecule has 1 N–H and O–H groups in total. The van der Waals surface area contributed by atoms with Crippen molar-refractivity contribution in [3.63, 3.8) is 0 Å². The number of hydrogen-bond acceptors (Lipinski definition) is 6. The highest BCUT2D eigenvalue weighted by Crippen LogP contribution is 2.49. The molecule has 0 unspecified atom stereocenters. The molecule has 9 heteroatoms. The topological polar surface area (TPSA) is 88.5 Å². The average molecular weight is 474 g/mol. The molecule has 1 atom stereocenters. The fourth-order valence-electron chi connectivity index (χ4n) is 4.51. The summed E-state index contributed by atoms with van der Waals surface area (Å²) in [5, 5.41) is 3.19. The second-order valence-corrected chi connectivity index (χ2v) is 11.4. The van der Waals surface area contributed by atoms with Gasteiger partial charge in [0.25, 0.3) is 5.92 Å². The van der Waals surface area contributed by atoms with Crippen LogP contribution in [0.25, 0.3) is 0 Å². The molecule has 33 heavy (non-hydrogen) atoms. The first-order valence-corrected chi connectivity index (χ1v) is 13.0. The maximum Gasteiger partial charge on any atom is 0.258 e. The van der Waals surface area contributed by atoms with Crippen molar-refractivity contribution in [3.05, 3.63) is 41.2 Å². The van der Waals surface area contributed by atoms with Crippen molar-refractivity contribution in [1.82, 2.24) is 4.98 Å². The van der Waals surface area contributed by atoms with Gasteiger partial charge in [-0.25, -0.2) is 17.2 Å². The highest BCUT2D eigenvalue weighted by Gasteiger charge is 2.60. The van der Waals surface area contributed by atoms with Crippen LogP contribution in [0.5, 0.6) is 0 Å². The first-order chi connectivity index (χ1) is 15.5. The van der Waals surface area contributed by atoms with Crippen LogP contribution in [0.3, 0.4) is 0 Å². The molecule has 1 aliphatic heterocycles. The molecule has 2 heterocycles. The minimum atomic E-state index is -3.52. The van der Waals surface area contributed by atoms with Crippen LogP contribution in [-0.4, -0.2) is 37.1 Å². The normalized spacial score (nSPS) is 21.2. The maximum atomic E-state index is 13.3. The molecule has 0 spiro atoms. The number of rotatable bonds is 7. The highest BCUT2D eigenvalue weighted by molar-refractivity contribution is 7.90. The summed E-state index contributed by atoms with van der Waals surface area (Å²) in [4.78, 5) is 21.5. The smallest absolute Gasteiger partial charge is 0.258 e. The number of fused-ring (bicyclic) bond motifs is 1. The Hall–Kier alpha value is -2.68. The Morgan fingerprint density at radius 1 is 1.21 bits per heavy atom. The summed E-state index contributed by atoms with van der Waals surface area (Å²) in [7, 11) is -3.52. The lowest BCUT2D eigenvalue weighted by atomic mass is 9.80. The van der Waals surface area contributed by atoms with Crippen LogP contribution in [0, 0.1) is 5.92 Å². The van der Waals surface area contributed by atoms with E-state index in [9.17, 15) is 22.0 Å². The number of ketones is 1. The van der Waals surface area contributed by atoms with Crippen molar-refractivity contribution in [2.75, 3.05) is 11.6 Å². The molecular formula is C24H25F2N3O3S. The third kappa shape index (κ3) is 4.30. The second-order valence-electron chi connectivity index (χ2n) is 9.42. The fraction of sp³-hybridized carbons (Fsp3) is 0.458. The fourth-order valence-corrected chi connectivity index (χ4v) is 5.38. The lowest BCUT2D eigenvalue weighted by Crippen LogP contribution is -2.13.